The van der Waals surface area contributed by atoms with Crippen molar-refractivity contribution in [1.82, 2.24) is 61.2 Å². The number of H-pyrrole nitrogens is 3. The Hall–Kier alpha value is -9.02. The quantitative estimate of drug-likeness (QED) is 0.0813. The molecule has 0 fully saturated rings. The Balaban J connectivity index is 0.000000126. The predicted octanol–water partition coefficient (Wildman–Crippen LogP) is 10.9. The molecule has 0 saturated heterocycles. The minimum absolute atomic E-state index is 0.0419. The molecule has 20 nitrogen and oxygen atoms in total. The SMILES string of the molecule is N#Cc1cccc(-c2c(O)c3c(-c4cnnnn4)c(Cl)sc3[nH]c2=O)c1.O=c1[nH]c2sc(Cl)c(-c3ccc4c(c3O)CCCC4)c2c(O)c1-c1ccccc1.O=c1[nH]c2sc(Cl)c(-c3cnnnn3)c2c(O)c1-c1cccnc1. The van der Waals surface area contributed by atoms with Gasteiger partial charge in [-0.3, -0.25) is 19.4 Å². The maximum Gasteiger partial charge on any atom is 0.260 e. The van der Waals surface area contributed by atoms with Crippen LogP contribution in [0.3, 0.4) is 0 Å². The molecule has 0 bridgehead atoms. The lowest BCUT2D eigenvalue weighted by Gasteiger charge is -2.19. The molecule has 0 atom stereocenters. The Kier molecular flexibility index (Phi) is 14.4. The van der Waals surface area contributed by atoms with Crippen LogP contribution in [0.5, 0.6) is 23.0 Å². The highest BCUT2D eigenvalue weighted by atomic mass is 35.5. The molecule has 390 valence electrons. The number of thiophene rings is 3. The van der Waals surface area contributed by atoms with Gasteiger partial charge in [0.15, 0.2) is 0 Å². The molecule has 0 amide bonds. The lowest BCUT2D eigenvalue weighted by atomic mass is 9.88. The van der Waals surface area contributed by atoms with Crippen molar-refractivity contribution in [2.24, 2.45) is 0 Å². The normalized spacial score (nSPS) is 11.9. The Labute approximate surface area is 469 Å². The summed E-state index contributed by atoms with van der Waals surface area (Å²) in [6, 6.07) is 24.7. The van der Waals surface area contributed by atoms with Crippen molar-refractivity contribution in [2.75, 3.05) is 0 Å². The monoisotopic (exact) mass is 1160 g/mol. The number of aryl methyl sites for hydroxylation is 1. The molecular formula is C53H32Cl3N13O7S3. The zero-order chi connectivity index (χ0) is 55.1. The Morgan fingerprint density at radius 3 is 1.56 bits per heavy atom. The standard InChI is InChI=1S/C23H18ClNO3S.C16H7ClN6O2S.C14H7ClN6O2S/c24-21-17(15-11-10-12-6-4-5-9-14(12)19(15)26)18-20(27)16(13-7-2-1-3-8-13)22(28)25-23(18)29-21;17-14-11(9-6-19-22-23-21-9)12-13(24)10(15(25)20-16(12)26-14)8-3-1-2-7(4-8)5-18;15-12-9(7-5-17-20-21-19-7)10-11(22)8(6-2-1-3-16-4-6)13(23)18-14(10)24-12/h1-3,7-8,10-11,26H,4-6,9H2,(H2,25,27,28);1-4,6H,(H2,20,24,25);1-5H,(H2,18,22,23). The van der Waals surface area contributed by atoms with Gasteiger partial charge in [-0.2, -0.15) is 5.26 Å². The lowest BCUT2D eigenvalue weighted by molar-refractivity contribution is 0.464. The summed E-state index contributed by atoms with van der Waals surface area (Å²) >= 11 is 22.5. The fourth-order valence-electron chi connectivity index (χ4n) is 9.34. The molecule has 12 aromatic rings. The van der Waals surface area contributed by atoms with Gasteiger partial charge in [-0.1, -0.05) is 95.5 Å². The van der Waals surface area contributed by atoms with E-state index in [4.69, 9.17) is 40.1 Å². The van der Waals surface area contributed by atoms with Crippen LogP contribution >= 0.6 is 68.8 Å². The molecule has 0 radical (unpaired) electrons. The summed E-state index contributed by atoms with van der Waals surface area (Å²) in [4.78, 5) is 51.2. The van der Waals surface area contributed by atoms with Crippen LogP contribution in [0, 0.1) is 11.3 Å². The number of nitriles is 1. The molecule has 0 unspecified atom stereocenters. The largest absolute Gasteiger partial charge is 0.507 e. The molecule has 1 aliphatic carbocycles. The van der Waals surface area contributed by atoms with Gasteiger partial charge in [0.2, 0.25) is 0 Å². The maximum atomic E-state index is 12.7. The molecule has 0 aliphatic heterocycles. The molecule has 79 heavy (non-hydrogen) atoms. The van der Waals surface area contributed by atoms with Crippen LogP contribution in [0.1, 0.15) is 29.5 Å². The molecule has 3 aromatic carbocycles. The van der Waals surface area contributed by atoms with E-state index in [0.29, 0.717) is 99.6 Å². The van der Waals surface area contributed by atoms with Crippen molar-refractivity contribution in [3.8, 4) is 96.1 Å². The van der Waals surface area contributed by atoms with Gasteiger partial charge in [0.25, 0.3) is 16.7 Å². The topological polar surface area (TPSA) is 319 Å². The second-order valence-corrected chi connectivity index (χ2v) is 22.2. The van der Waals surface area contributed by atoms with Crippen LogP contribution in [-0.4, -0.2) is 81.6 Å². The third-order valence-corrected chi connectivity index (χ3v) is 16.7. The summed E-state index contributed by atoms with van der Waals surface area (Å²) in [6.07, 6.45) is 9.77. The van der Waals surface area contributed by atoms with Gasteiger partial charge < -0.3 is 35.4 Å². The van der Waals surface area contributed by atoms with Crippen molar-refractivity contribution in [2.45, 2.75) is 25.7 Å². The van der Waals surface area contributed by atoms with Crippen LogP contribution in [0.15, 0.2) is 118 Å². The summed E-state index contributed by atoms with van der Waals surface area (Å²) in [7, 11) is 0. The highest BCUT2D eigenvalue weighted by Gasteiger charge is 2.28. The summed E-state index contributed by atoms with van der Waals surface area (Å²) < 4.78 is 1.08. The first-order chi connectivity index (χ1) is 38.3. The number of rotatable bonds is 6. The van der Waals surface area contributed by atoms with Crippen molar-refractivity contribution in [3.05, 3.63) is 164 Å². The minimum Gasteiger partial charge on any atom is -0.507 e. The van der Waals surface area contributed by atoms with Crippen LogP contribution in [0.4, 0.5) is 0 Å². The Bertz CT molecular complexity index is 4580. The third kappa shape index (κ3) is 9.66. The van der Waals surface area contributed by atoms with Crippen molar-refractivity contribution < 1.29 is 20.4 Å². The van der Waals surface area contributed by atoms with E-state index in [1.54, 1.807) is 48.7 Å². The van der Waals surface area contributed by atoms with E-state index >= 15 is 0 Å². The predicted molar refractivity (Wildman–Crippen MR) is 303 cm³/mol. The van der Waals surface area contributed by atoms with Crippen molar-refractivity contribution in [1.29, 1.82) is 5.26 Å². The Morgan fingerprint density at radius 1 is 0.519 bits per heavy atom. The summed E-state index contributed by atoms with van der Waals surface area (Å²) in [5, 5.41) is 82.8. The van der Waals surface area contributed by atoms with E-state index in [-0.39, 0.29) is 45.2 Å². The first-order valence-corrected chi connectivity index (χ1v) is 27.0. The number of nitrogens with one attached hydrogen (secondary N) is 3. The summed E-state index contributed by atoms with van der Waals surface area (Å²) in [5.74, 6) is -0.352. The maximum absolute atomic E-state index is 12.7. The van der Waals surface area contributed by atoms with E-state index in [1.165, 1.54) is 36.0 Å². The highest BCUT2D eigenvalue weighted by molar-refractivity contribution is 7.24. The first kappa shape index (κ1) is 52.1. The number of halogens is 3. The number of fused-ring (bicyclic) bond motifs is 4. The average molecular weight is 1170 g/mol. The highest BCUT2D eigenvalue weighted by Crippen LogP contribution is 2.51. The second-order valence-electron chi connectivity index (χ2n) is 17.3. The lowest BCUT2D eigenvalue weighted by Crippen LogP contribution is -2.08. The molecule has 7 N–H and O–H groups in total. The van der Waals surface area contributed by atoms with Gasteiger partial charge in [-0.25, -0.2) is 0 Å². The number of pyridine rings is 4. The zero-order valence-electron chi connectivity index (χ0n) is 40.0. The van der Waals surface area contributed by atoms with E-state index < -0.39 is 11.1 Å². The molecular weight excluding hydrogens is 1130 g/mol. The number of benzene rings is 3. The van der Waals surface area contributed by atoms with Crippen LogP contribution in [-0.2, 0) is 12.8 Å². The van der Waals surface area contributed by atoms with Gasteiger partial charge >= 0.3 is 0 Å². The fraction of sp³-hybridized carbons (Fsp3) is 0.0755. The van der Waals surface area contributed by atoms with E-state index in [9.17, 15) is 34.8 Å². The van der Waals surface area contributed by atoms with Gasteiger partial charge in [0.1, 0.15) is 61.9 Å². The van der Waals surface area contributed by atoms with Crippen molar-refractivity contribution in [3.63, 3.8) is 0 Å². The van der Waals surface area contributed by atoms with Gasteiger partial charge in [-0.15, -0.1) is 54.4 Å². The summed E-state index contributed by atoms with van der Waals surface area (Å²) in [5.41, 5.74) is 5.72. The first-order valence-electron chi connectivity index (χ1n) is 23.4. The molecule has 0 spiro atoms. The average Bonchev–Trinajstić information content (AvgIpc) is 4.15. The molecule has 26 heteroatoms. The number of phenolic OH excluding ortho intramolecular Hbond substituents is 1. The van der Waals surface area contributed by atoms with Crippen LogP contribution in [0.25, 0.3) is 97.7 Å². The zero-order valence-corrected chi connectivity index (χ0v) is 44.7. The molecule has 0 saturated carbocycles. The summed E-state index contributed by atoms with van der Waals surface area (Å²) in [6.45, 7) is 0. The number of nitrogens with zero attached hydrogens (tertiary/aromatic N) is 10. The van der Waals surface area contributed by atoms with Gasteiger partial charge in [0, 0.05) is 40.2 Å². The number of aromatic nitrogens is 12. The molecule has 9 aromatic heterocycles. The van der Waals surface area contributed by atoms with Crippen molar-refractivity contribution >= 4 is 99.5 Å². The number of aromatic hydroxyl groups is 4. The van der Waals surface area contributed by atoms with E-state index in [2.05, 4.69) is 61.2 Å². The third-order valence-electron chi connectivity index (χ3n) is 12.8. The molecule has 13 rings (SSSR count). The van der Waals surface area contributed by atoms with Gasteiger partial charge in [0.05, 0.1) is 56.9 Å². The molecule has 9 heterocycles. The van der Waals surface area contributed by atoms with Gasteiger partial charge in [-0.05, 0) is 87.0 Å². The van der Waals surface area contributed by atoms with E-state index in [1.807, 2.05) is 36.4 Å². The van der Waals surface area contributed by atoms with E-state index in [0.717, 1.165) is 59.5 Å². The van der Waals surface area contributed by atoms with Crippen LogP contribution < -0.4 is 16.7 Å². The molecule has 1 aliphatic rings. The Morgan fingerprint density at radius 2 is 1.03 bits per heavy atom. The number of hydrogen-bond acceptors (Lipinski definition) is 20. The fourth-order valence-corrected chi connectivity index (χ4v) is 13.4. The number of hydrogen-bond donors (Lipinski definition) is 7. The number of phenols is 1. The smallest absolute Gasteiger partial charge is 0.260 e. The number of aromatic amines is 3. The minimum atomic E-state index is -0.492. The second kappa shape index (κ2) is 21.8. The van der Waals surface area contributed by atoms with Crippen LogP contribution in [0.2, 0.25) is 13.0 Å².